The summed E-state index contributed by atoms with van der Waals surface area (Å²) >= 11 is 0. The summed E-state index contributed by atoms with van der Waals surface area (Å²) in [6.07, 6.45) is 1.48. The Hall–Kier alpha value is -1.39. The van der Waals surface area contributed by atoms with Crippen LogP contribution in [0.2, 0.25) is 0 Å². The van der Waals surface area contributed by atoms with Gasteiger partial charge in [0.25, 0.3) is 0 Å². The van der Waals surface area contributed by atoms with E-state index in [2.05, 4.69) is 0 Å². The van der Waals surface area contributed by atoms with Gasteiger partial charge in [0.1, 0.15) is 5.78 Å². The van der Waals surface area contributed by atoms with Gasteiger partial charge in [0.2, 0.25) is 0 Å². The number of rotatable bonds is 3. The van der Waals surface area contributed by atoms with Gasteiger partial charge in [0.15, 0.2) is 0 Å². The van der Waals surface area contributed by atoms with Crippen molar-refractivity contribution in [2.24, 2.45) is 16.7 Å². The fourth-order valence-electron chi connectivity index (χ4n) is 3.69. The van der Waals surface area contributed by atoms with Crippen LogP contribution in [-0.2, 0) is 14.4 Å². The van der Waals surface area contributed by atoms with Gasteiger partial charge in [-0.2, -0.15) is 0 Å². The Morgan fingerprint density at radius 1 is 1.35 bits per heavy atom. The molecule has 5 heteroatoms. The number of Topliss-reactive ketones (excluding diaryl/α,β-unsaturated/α-hetero) is 1. The van der Waals surface area contributed by atoms with E-state index in [1.807, 2.05) is 0 Å². The fourth-order valence-corrected chi connectivity index (χ4v) is 3.69. The van der Waals surface area contributed by atoms with E-state index in [-0.39, 0.29) is 18.6 Å². The molecule has 0 radical (unpaired) electrons. The van der Waals surface area contributed by atoms with Crippen molar-refractivity contribution in [1.29, 1.82) is 0 Å². The normalized spacial score (nSPS) is 40.3. The quantitative estimate of drug-likeness (QED) is 0.776. The summed E-state index contributed by atoms with van der Waals surface area (Å²) in [5.41, 5.74) is -1.89. The average molecular weight is 240 g/mol. The number of hydrogen-bond acceptors (Lipinski definition) is 3. The molecule has 2 rings (SSSR count). The number of hydrogen-bond donors (Lipinski definition) is 2. The number of carbonyl (C=O) groups excluding carboxylic acids is 1. The lowest BCUT2D eigenvalue weighted by Gasteiger charge is -2.41. The van der Waals surface area contributed by atoms with Crippen LogP contribution < -0.4 is 0 Å². The van der Waals surface area contributed by atoms with Crippen molar-refractivity contribution in [3.8, 4) is 0 Å². The van der Waals surface area contributed by atoms with E-state index in [0.717, 1.165) is 0 Å². The molecule has 17 heavy (non-hydrogen) atoms. The molecule has 0 aromatic heterocycles. The monoisotopic (exact) mass is 240 g/mol. The Labute approximate surface area is 98.8 Å². The van der Waals surface area contributed by atoms with E-state index < -0.39 is 28.7 Å². The van der Waals surface area contributed by atoms with Crippen molar-refractivity contribution in [1.82, 2.24) is 0 Å². The SMILES string of the molecule is C[C@@]12CCC[C@@](C(=O)O)(CC1=O)[C@H]2CC(=O)O. The van der Waals surface area contributed by atoms with Crippen LogP contribution in [0.5, 0.6) is 0 Å². The van der Waals surface area contributed by atoms with Crippen LogP contribution >= 0.6 is 0 Å². The molecule has 0 heterocycles. The first kappa shape index (κ1) is 12.1. The summed E-state index contributed by atoms with van der Waals surface area (Å²) in [7, 11) is 0. The zero-order valence-electron chi connectivity index (χ0n) is 9.73. The molecule has 5 nitrogen and oxygen atoms in total. The van der Waals surface area contributed by atoms with Crippen molar-refractivity contribution in [2.75, 3.05) is 0 Å². The van der Waals surface area contributed by atoms with Crippen LogP contribution in [-0.4, -0.2) is 27.9 Å². The lowest BCUT2D eigenvalue weighted by Crippen LogP contribution is -2.44. The zero-order chi connectivity index (χ0) is 12.8. The Morgan fingerprint density at radius 2 is 2.00 bits per heavy atom. The van der Waals surface area contributed by atoms with E-state index in [9.17, 15) is 19.5 Å². The second kappa shape index (κ2) is 3.55. The molecule has 0 unspecified atom stereocenters. The molecule has 0 saturated heterocycles. The third-order valence-corrected chi connectivity index (χ3v) is 4.67. The molecule has 2 bridgehead atoms. The van der Waals surface area contributed by atoms with Crippen molar-refractivity contribution in [2.45, 2.75) is 39.0 Å². The van der Waals surface area contributed by atoms with Crippen LogP contribution in [0.1, 0.15) is 39.0 Å². The Kier molecular flexibility index (Phi) is 2.52. The van der Waals surface area contributed by atoms with Crippen molar-refractivity contribution in [3.63, 3.8) is 0 Å². The molecule has 2 aliphatic carbocycles. The van der Waals surface area contributed by atoms with Crippen LogP contribution in [0.3, 0.4) is 0 Å². The maximum absolute atomic E-state index is 12.0. The van der Waals surface area contributed by atoms with Gasteiger partial charge in [-0.05, 0) is 18.8 Å². The van der Waals surface area contributed by atoms with E-state index in [1.165, 1.54) is 0 Å². The van der Waals surface area contributed by atoms with Gasteiger partial charge >= 0.3 is 11.9 Å². The highest BCUT2D eigenvalue weighted by Crippen LogP contribution is 2.61. The first-order chi connectivity index (χ1) is 7.83. The minimum absolute atomic E-state index is 0.00319. The summed E-state index contributed by atoms with van der Waals surface area (Å²) in [4.78, 5) is 34.4. The molecule has 0 aromatic carbocycles. The second-order valence-corrected chi connectivity index (χ2v) is 5.48. The number of carbonyl (C=O) groups is 3. The van der Waals surface area contributed by atoms with Gasteiger partial charge in [-0.25, -0.2) is 0 Å². The molecular formula is C12H16O5. The van der Waals surface area contributed by atoms with E-state index in [1.54, 1.807) is 6.92 Å². The molecule has 0 spiro atoms. The van der Waals surface area contributed by atoms with Crippen LogP contribution in [0, 0.1) is 16.7 Å². The van der Waals surface area contributed by atoms with Crippen molar-refractivity contribution < 1.29 is 24.6 Å². The minimum atomic E-state index is -1.14. The number of fused-ring (bicyclic) bond motifs is 2. The topological polar surface area (TPSA) is 91.7 Å². The van der Waals surface area contributed by atoms with Gasteiger partial charge in [-0.1, -0.05) is 13.3 Å². The fraction of sp³-hybridized carbons (Fsp3) is 0.750. The predicted molar refractivity (Wildman–Crippen MR) is 57.4 cm³/mol. The Morgan fingerprint density at radius 3 is 2.53 bits per heavy atom. The molecule has 3 atom stereocenters. The lowest BCUT2D eigenvalue weighted by atomic mass is 9.60. The van der Waals surface area contributed by atoms with E-state index in [0.29, 0.717) is 19.3 Å². The van der Waals surface area contributed by atoms with Gasteiger partial charge < -0.3 is 10.2 Å². The first-order valence-electron chi connectivity index (χ1n) is 5.81. The Balaban J connectivity index is 2.46. The minimum Gasteiger partial charge on any atom is -0.481 e. The average Bonchev–Trinajstić information content (AvgIpc) is 2.35. The number of carboxylic acid groups (broad SMARTS) is 2. The van der Waals surface area contributed by atoms with Crippen molar-refractivity contribution in [3.05, 3.63) is 0 Å². The van der Waals surface area contributed by atoms with Gasteiger partial charge in [0, 0.05) is 11.8 Å². The molecule has 0 aliphatic heterocycles. The third kappa shape index (κ3) is 1.48. The number of carboxylic acids is 2. The largest absolute Gasteiger partial charge is 0.481 e. The highest BCUT2D eigenvalue weighted by Gasteiger charge is 2.65. The lowest BCUT2D eigenvalue weighted by molar-refractivity contribution is -0.158. The molecule has 0 amide bonds. The summed E-state index contributed by atoms with van der Waals surface area (Å²) < 4.78 is 0. The molecule has 0 aromatic rings. The van der Waals surface area contributed by atoms with E-state index >= 15 is 0 Å². The molecule has 2 aliphatic rings. The maximum atomic E-state index is 12.0. The molecule has 2 fully saturated rings. The van der Waals surface area contributed by atoms with Gasteiger partial charge in [-0.15, -0.1) is 0 Å². The highest BCUT2D eigenvalue weighted by molar-refractivity contribution is 5.96. The van der Waals surface area contributed by atoms with Crippen LogP contribution in [0.15, 0.2) is 0 Å². The summed E-state index contributed by atoms with van der Waals surface area (Å²) in [5, 5.41) is 18.3. The smallest absolute Gasteiger partial charge is 0.310 e. The van der Waals surface area contributed by atoms with Crippen LogP contribution in [0.25, 0.3) is 0 Å². The number of aliphatic carboxylic acids is 2. The van der Waals surface area contributed by atoms with Gasteiger partial charge in [0.05, 0.1) is 11.8 Å². The second-order valence-electron chi connectivity index (χ2n) is 5.48. The summed E-state index contributed by atoms with van der Waals surface area (Å²) in [5.74, 6) is -2.68. The third-order valence-electron chi connectivity index (χ3n) is 4.67. The molecular weight excluding hydrogens is 224 g/mol. The van der Waals surface area contributed by atoms with Gasteiger partial charge in [-0.3, -0.25) is 14.4 Å². The maximum Gasteiger partial charge on any atom is 0.310 e. The predicted octanol–water partition coefficient (Wildman–Crippen LogP) is 1.31. The summed E-state index contributed by atoms with van der Waals surface area (Å²) in [6.45, 7) is 1.73. The first-order valence-corrected chi connectivity index (χ1v) is 5.81. The van der Waals surface area contributed by atoms with Crippen LogP contribution in [0.4, 0.5) is 0 Å². The molecule has 2 saturated carbocycles. The summed E-state index contributed by atoms with van der Waals surface area (Å²) in [6, 6.07) is 0. The standard InChI is InChI=1S/C12H16O5/c1-11-3-2-4-12(10(16)17,6-8(11)13)7(11)5-9(14)15/h7H,2-6H2,1H3,(H,14,15)(H,16,17)/t7-,11-,12+/m0/s1. The zero-order valence-corrected chi connectivity index (χ0v) is 9.73. The van der Waals surface area contributed by atoms with Crippen molar-refractivity contribution >= 4 is 17.7 Å². The molecule has 2 N–H and O–H groups in total. The van der Waals surface area contributed by atoms with E-state index in [4.69, 9.17) is 5.11 Å². The Bertz CT molecular complexity index is 402. The molecule has 94 valence electrons. The highest BCUT2D eigenvalue weighted by atomic mass is 16.4. The number of ketones is 1.